The molecule has 0 aliphatic heterocycles. The third-order valence-corrected chi connectivity index (χ3v) is 3.64. The molecule has 2 heteroatoms. The molecule has 2 rings (SSSR count). The minimum Gasteiger partial charge on any atom is -0.378 e. The van der Waals surface area contributed by atoms with Crippen LogP contribution in [0.2, 0.25) is 5.02 Å². The van der Waals surface area contributed by atoms with Crippen LogP contribution >= 0.6 is 11.6 Å². The lowest BCUT2D eigenvalue weighted by Crippen LogP contribution is -2.09. The second kappa shape index (κ2) is 6.63. The summed E-state index contributed by atoms with van der Waals surface area (Å²) < 4.78 is 0. The Morgan fingerprint density at radius 3 is 2.11 bits per heavy atom. The summed E-state index contributed by atoms with van der Waals surface area (Å²) in [5.74, 6) is 0. The molecule has 2 aromatic rings. The van der Waals surface area contributed by atoms with Gasteiger partial charge in [-0.05, 0) is 48.2 Å². The molecule has 0 spiro atoms. The summed E-state index contributed by atoms with van der Waals surface area (Å²) in [4.78, 5) is 0. The van der Waals surface area contributed by atoms with E-state index in [1.165, 1.54) is 16.8 Å². The van der Waals surface area contributed by atoms with E-state index in [0.29, 0.717) is 6.04 Å². The highest BCUT2D eigenvalue weighted by Crippen LogP contribution is 2.24. The van der Waals surface area contributed by atoms with Crippen LogP contribution in [-0.2, 0) is 6.42 Å². The van der Waals surface area contributed by atoms with Crippen LogP contribution in [-0.4, -0.2) is 0 Å². The third-order valence-electron chi connectivity index (χ3n) is 3.38. The maximum Gasteiger partial charge on any atom is 0.0511 e. The van der Waals surface area contributed by atoms with E-state index in [1.54, 1.807) is 0 Å². The molecule has 0 heterocycles. The molecule has 1 nitrogen and oxygen atoms in total. The SMILES string of the molecule is CCc1ccc(NC(CC)c2ccc(Cl)cc2)cc1. The number of benzene rings is 2. The van der Waals surface area contributed by atoms with Gasteiger partial charge >= 0.3 is 0 Å². The van der Waals surface area contributed by atoms with Crippen molar-refractivity contribution in [3.8, 4) is 0 Å². The summed E-state index contributed by atoms with van der Waals surface area (Å²) >= 11 is 5.93. The predicted octanol–water partition coefficient (Wildman–Crippen LogP) is 5.47. The van der Waals surface area contributed by atoms with Crippen LogP contribution in [0.5, 0.6) is 0 Å². The molecule has 1 unspecified atom stereocenters. The van der Waals surface area contributed by atoms with Gasteiger partial charge < -0.3 is 5.32 Å². The van der Waals surface area contributed by atoms with Crippen molar-refractivity contribution in [2.24, 2.45) is 0 Å². The van der Waals surface area contributed by atoms with Crippen molar-refractivity contribution in [3.63, 3.8) is 0 Å². The molecular weight excluding hydrogens is 254 g/mol. The van der Waals surface area contributed by atoms with Gasteiger partial charge in [0.2, 0.25) is 0 Å². The van der Waals surface area contributed by atoms with Gasteiger partial charge in [-0.3, -0.25) is 0 Å². The fraction of sp³-hybridized carbons (Fsp3) is 0.294. The standard InChI is InChI=1S/C17H20ClN/c1-3-13-5-11-16(12-6-13)19-17(4-2)14-7-9-15(18)10-8-14/h5-12,17,19H,3-4H2,1-2H3. The second-order valence-corrected chi connectivity index (χ2v) is 5.14. The van der Waals surface area contributed by atoms with Gasteiger partial charge in [0.1, 0.15) is 0 Å². The quantitative estimate of drug-likeness (QED) is 0.762. The fourth-order valence-electron chi connectivity index (χ4n) is 2.15. The molecule has 1 atom stereocenters. The van der Waals surface area contributed by atoms with E-state index >= 15 is 0 Å². The molecule has 100 valence electrons. The predicted molar refractivity (Wildman–Crippen MR) is 83.9 cm³/mol. The van der Waals surface area contributed by atoms with E-state index in [9.17, 15) is 0 Å². The van der Waals surface area contributed by atoms with Crippen molar-refractivity contribution in [2.45, 2.75) is 32.7 Å². The van der Waals surface area contributed by atoms with Crippen molar-refractivity contribution in [1.82, 2.24) is 0 Å². The lowest BCUT2D eigenvalue weighted by Gasteiger charge is -2.19. The van der Waals surface area contributed by atoms with E-state index in [2.05, 4.69) is 55.6 Å². The number of hydrogen-bond donors (Lipinski definition) is 1. The Balaban J connectivity index is 2.11. The minimum absolute atomic E-state index is 0.324. The molecule has 0 saturated carbocycles. The normalized spacial score (nSPS) is 12.2. The van der Waals surface area contributed by atoms with Gasteiger partial charge in [0, 0.05) is 10.7 Å². The molecule has 19 heavy (non-hydrogen) atoms. The van der Waals surface area contributed by atoms with Crippen LogP contribution in [0.15, 0.2) is 48.5 Å². The number of rotatable bonds is 5. The Kier molecular flexibility index (Phi) is 4.86. The van der Waals surface area contributed by atoms with Gasteiger partial charge in [-0.25, -0.2) is 0 Å². The molecule has 0 aliphatic carbocycles. The van der Waals surface area contributed by atoms with E-state index in [1.807, 2.05) is 12.1 Å². The summed E-state index contributed by atoms with van der Waals surface area (Å²) in [6.07, 6.45) is 2.12. The monoisotopic (exact) mass is 273 g/mol. The molecule has 2 aromatic carbocycles. The average molecular weight is 274 g/mol. The zero-order valence-corrected chi connectivity index (χ0v) is 12.2. The number of hydrogen-bond acceptors (Lipinski definition) is 1. The highest BCUT2D eigenvalue weighted by Gasteiger charge is 2.08. The van der Waals surface area contributed by atoms with Crippen molar-refractivity contribution in [2.75, 3.05) is 5.32 Å². The van der Waals surface area contributed by atoms with E-state index in [-0.39, 0.29) is 0 Å². The highest BCUT2D eigenvalue weighted by molar-refractivity contribution is 6.30. The lowest BCUT2D eigenvalue weighted by molar-refractivity contribution is 0.749. The highest BCUT2D eigenvalue weighted by atomic mass is 35.5. The first kappa shape index (κ1) is 14.0. The van der Waals surface area contributed by atoms with Crippen molar-refractivity contribution in [3.05, 3.63) is 64.7 Å². The first-order valence-electron chi connectivity index (χ1n) is 6.84. The van der Waals surface area contributed by atoms with Gasteiger partial charge in [-0.15, -0.1) is 0 Å². The zero-order chi connectivity index (χ0) is 13.7. The van der Waals surface area contributed by atoms with Crippen LogP contribution < -0.4 is 5.32 Å². The Morgan fingerprint density at radius 2 is 1.58 bits per heavy atom. The van der Waals surface area contributed by atoms with Gasteiger partial charge in [0.15, 0.2) is 0 Å². The van der Waals surface area contributed by atoms with Gasteiger partial charge in [-0.1, -0.05) is 49.7 Å². The molecule has 0 aliphatic rings. The first-order chi connectivity index (χ1) is 9.22. The van der Waals surface area contributed by atoms with Crippen LogP contribution in [0, 0.1) is 0 Å². The second-order valence-electron chi connectivity index (χ2n) is 4.71. The maximum atomic E-state index is 5.93. The smallest absolute Gasteiger partial charge is 0.0511 e. The topological polar surface area (TPSA) is 12.0 Å². The van der Waals surface area contributed by atoms with Gasteiger partial charge in [0.05, 0.1) is 6.04 Å². The molecule has 0 fully saturated rings. The van der Waals surface area contributed by atoms with Crippen LogP contribution in [0.3, 0.4) is 0 Å². The van der Waals surface area contributed by atoms with Crippen LogP contribution in [0.25, 0.3) is 0 Å². The molecule has 0 aromatic heterocycles. The number of anilines is 1. The Bertz CT molecular complexity index is 502. The molecule has 0 bridgehead atoms. The Hall–Kier alpha value is -1.47. The van der Waals surface area contributed by atoms with Crippen LogP contribution in [0.4, 0.5) is 5.69 Å². The number of aryl methyl sites for hydroxylation is 1. The van der Waals surface area contributed by atoms with Gasteiger partial charge in [-0.2, -0.15) is 0 Å². The fourth-order valence-corrected chi connectivity index (χ4v) is 2.28. The van der Waals surface area contributed by atoms with Crippen molar-refractivity contribution < 1.29 is 0 Å². The Labute approximate surface area is 120 Å². The summed E-state index contributed by atoms with van der Waals surface area (Å²) in [5, 5.41) is 4.36. The third kappa shape index (κ3) is 3.74. The first-order valence-corrected chi connectivity index (χ1v) is 7.21. The average Bonchev–Trinajstić information content (AvgIpc) is 2.46. The van der Waals surface area contributed by atoms with Gasteiger partial charge in [0.25, 0.3) is 0 Å². The summed E-state index contributed by atoms with van der Waals surface area (Å²) in [7, 11) is 0. The van der Waals surface area contributed by atoms with E-state index < -0.39 is 0 Å². The van der Waals surface area contributed by atoms with Crippen molar-refractivity contribution in [1.29, 1.82) is 0 Å². The maximum absolute atomic E-state index is 5.93. The molecular formula is C17H20ClN. The molecule has 0 radical (unpaired) electrons. The molecule has 0 saturated heterocycles. The Morgan fingerprint density at radius 1 is 0.947 bits per heavy atom. The number of halogens is 1. The number of nitrogens with one attached hydrogen (secondary N) is 1. The zero-order valence-electron chi connectivity index (χ0n) is 11.5. The van der Waals surface area contributed by atoms with Crippen LogP contribution in [0.1, 0.15) is 37.4 Å². The summed E-state index contributed by atoms with van der Waals surface area (Å²) in [5.41, 5.74) is 3.80. The van der Waals surface area contributed by atoms with Crippen molar-refractivity contribution >= 4 is 17.3 Å². The van der Waals surface area contributed by atoms with E-state index in [4.69, 9.17) is 11.6 Å². The minimum atomic E-state index is 0.324. The summed E-state index contributed by atoms with van der Waals surface area (Å²) in [6, 6.07) is 17.0. The largest absolute Gasteiger partial charge is 0.378 e. The van der Waals surface area contributed by atoms with E-state index in [0.717, 1.165) is 17.9 Å². The summed E-state index contributed by atoms with van der Waals surface area (Å²) in [6.45, 7) is 4.36. The lowest BCUT2D eigenvalue weighted by atomic mass is 10.0. The molecule has 1 N–H and O–H groups in total. The molecule has 0 amide bonds.